The van der Waals surface area contributed by atoms with Crippen molar-refractivity contribution < 1.29 is 0 Å². The molecule has 1 unspecified atom stereocenters. The molecule has 2 heterocycles. The molecule has 0 aliphatic carbocycles. The first-order valence-electron chi connectivity index (χ1n) is 6.02. The lowest BCUT2D eigenvalue weighted by Crippen LogP contribution is -2.16. The molecule has 2 rings (SSSR count). The summed E-state index contributed by atoms with van der Waals surface area (Å²) >= 11 is 2.04. The molecule has 1 atom stereocenters. The summed E-state index contributed by atoms with van der Waals surface area (Å²) in [5.41, 5.74) is 2.57. The van der Waals surface area contributed by atoms with Crippen molar-refractivity contribution in [3.8, 4) is 0 Å². The lowest BCUT2D eigenvalue weighted by Gasteiger charge is -2.12. The number of thioether (sulfide) groups is 1. The van der Waals surface area contributed by atoms with E-state index in [0.717, 1.165) is 24.6 Å². The van der Waals surface area contributed by atoms with Crippen LogP contribution in [0, 0.1) is 0 Å². The Morgan fingerprint density at radius 1 is 1.47 bits per heavy atom. The van der Waals surface area contributed by atoms with Crippen molar-refractivity contribution in [2.24, 2.45) is 5.84 Å². The second-order valence-electron chi connectivity index (χ2n) is 4.07. The monoisotopic (exact) mass is 253 g/mol. The van der Waals surface area contributed by atoms with Crippen LogP contribution in [-0.2, 0) is 6.42 Å². The molecule has 0 aromatic carbocycles. The van der Waals surface area contributed by atoms with E-state index in [-0.39, 0.29) is 0 Å². The minimum absolute atomic E-state index is 0.665. The van der Waals surface area contributed by atoms with E-state index in [4.69, 9.17) is 5.84 Å². The molecule has 1 saturated heterocycles. The van der Waals surface area contributed by atoms with Crippen molar-refractivity contribution in [3.63, 3.8) is 0 Å². The average Bonchev–Trinajstić information content (AvgIpc) is 2.89. The highest BCUT2D eigenvalue weighted by atomic mass is 32.2. The van der Waals surface area contributed by atoms with Gasteiger partial charge in [0.25, 0.3) is 0 Å². The molecule has 6 heteroatoms. The Bertz CT molecular complexity index is 343. The fourth-order valence-electron chi connectivity index (χ4n) is 1.84. The molecule has 1 aromatic rings. The van der Waals surface area contributed by atoms with Crippen molar-refractivity contribution in [1.29, 1.82) is 0 Å². The third kappa shape index (κ3) is 3.47. The number of hydrazine groups is 1. The van der Waals surface area contributed by atoms with Gasteiger partial charge in [-0.05, 0) is 18.6 Å². The summed E-state index contributed by atoms with van der Waals surface area (Å²) in [5, 5.41) is 4.08. The molecule has 1 aromatic heterocycles. The Balaban J connectivity index is 1.98. The zero-order valence-corrected chi connectivity index (χ0v) is 10.9. The number of nitrogens with one attached hydrogen (secondary N) is 2. The van der Waals surface area contributed by atoms with E-state index in [0.29, 0.717) is 11.1 Å². The Morgan fingerprint density at radius 2 is 2.29 bits per heavy atom. The van der Waals surface area contributed by atoms with Crippen molar-refractivity contribution in [3.05, 3.63) is 11.9 Å². The number of aromatic nitrogens is 2. The lowest BCUT2D eigenvalue weighted by molar-refractivity contribution is 0.801. The zero-order chi connectivity index (χ0) is 12.1. The Kier molecular flexibility index (Phi) is 4.44. The minimum atomic E-state index is 0.665. The summed E-state index contributed by atoms with van der Waals surface area (Å²) < 4.78 is 0. The lowest BCUT2D eigenvalue weighted by atomic mass is 10.2. The molecule has 4 N–H and O–H groups in total. The number of rotatable bonds is 5. The summed E-state index contributed by atoms with van der Waals surface area (Å²) in [6.07, 6.45) is 3.43. The molecular formula is C11H19N5S. The number of nitrogens with zero attached hydrogens (tertiary/aromatic N) is 2. The van der Waals surface area contributed by atoms with E-state index in [2.05, 4.69) is 20.7 Å². The van der Waals surface area contributed by atoms with Crippen molar-refractivity contribution in [2.45, 2.75) is 31.4 Å². The fourth-order valence-corrected chi connectivity index (χ4v) is 3.04. The predicted octanol–water partition coefficient (Wildman–Crippen LogP) is 1.63. The Labute approximate surface area is 106 Å². The van der Waals surface area contributed by atoms with Gasteiger partial charge in [0.2, 0.25) is 0 Å². The first kappa shape index (κ1) is 12.4. The number of anilines is 2. The SMILES string of the molecule is CCc1nc(NN)cc(NCC2CCCS2)n1. The topological polar surface area (TPSA) is 75.9 Å². The van der Waals surface area contributed by atoms with Crippen LogP contribution in [0.2, 0.25) is 0 Å². The maximum absolute atomic E-state index is 5.39. The summed E-state index contributed by atoms with van der Waals surface area (Å²) in [7, 11) is 0. The van der Waals surface area contributed by atoms with E-state index >= 15 is 0 Å². The number of hydrogen-bond acceptors (Lipinski definition) is 6. The predicted molar refractivity (Wildman–Crippen MR) is 73.2 cm³/mol. The van der Waals surface area contributed by atoms with Crippen LogP contribution < -0.4 is 16.6 Å². The maximum atomic E-state index is 5.39. The molecular weight excluding hydrogens is 234 g/mol. The van der Waals surface area contributed by atoms with E-state index < -0.39 is 0 Å². The van der Waals surface area contributed by atoms with E-state index in [9.17, 15) is 0 Å². The fraction of sp³-hybridized carbons (Fsp3) is 0.636. The van der Waals surface area contributed by atoms with Gasteiger partial charge in [-0.2, -0.15) is 11.8 Å². The van der Waals surface area contributed by atoms with Crippen LogP contribution in [0.4, 0.5) is 11.6 Å². The molecule has 5 nitrogen and oxygen atoms in total. The van der Waals surface area contributed by atoms with Gasteiger partial charge in [-0.15, -0.1) is 0 Å². The van der Waals surface area contributed by atoms with Crippen LogP contribution in [-0.4, -0.2) is 27.5 Å². The largest absolute Gasteiger partial charge is 0.369 e. The van der Waals surface area contributed by atoms with E-state index in [1.165, 1.54) is 18.6 Å². The highest BCUT2D eigenvalue weighted by Crippen LogP contribution is 2.26. The molecule has 0 bridgehead atoms. The van der Waals surface area contributed by atoms with Crippen molar-refractivity contribution in [2.75, 3.05) is 23.0 Å². The molecule has 1 fully saturated rings. The van der Waals surface area contributed by atoms with E-state index in [1.54, 1.807) is 0 Å². The zero-order valence-electron chi connectivity index (χ0n) is 10.1. The van der Waals surface area contributed by atoms with Gasteiger partial charge in [-0.25, -0.2) is 15.8 Å². The third-order valence-electron chi connectivity index (χ3n) is 2.77. The number of aryl methyl sites for hydroxylation is 1. The highest BCUT2D eigenvalue weighted by molar-refractivity contribution is 8.00. The minimum Gasteiger partial charge on any atom is -0.369 e. The second-order valence-corrected chi connectivity index (χ2v) is 5.48. The van der Waals surface area contributed by atoms with Crippen LogP contribution >= 0.6 is 11.8 Å². The summed E-state index contributed by atoms with van der Waals surface area (Å²) in [5.74, 6) is 9.00. The van der Waals surface area contributed by atoms with Crippen molar-refractivity contribution in [1.82, 2.24) is 9.97 Å². The molecule has 94 valence electrons. The van der Waals surface area contributed by atoms with Gasteiger partial charge in [-0.1, -0.05) is 6.92 Å². The first-order chi connectivity index (χ1) is 8.31. The van der Waals surface area contributed by atoms with Gasteiger partial charge in [0, 0.05) is 24.3 Å². The molecule has 1 aliphatic rings. The van der Waals surface area contributed by atoms with Crippen LogP contribution in [0.1, 0.15) is 25.6 Å². The standard InChI is InChI=1S/C11H19N5S/c1-2-9-14-10(6-11(15-9)16-12)13-7-8-4-3-5-17-8/h6,8H,2-5,7,12H2,1H3,(H2,13,14,15,16). The van der Waals surface area contributed by atoms with Crippen LogP contribution in [0.15, 0.2) is 6.07 Å². The van der Waals surface area contributed by atoms with Crippen LogP contribution in [0.3, 0.4) is 0 Å². The van der Waals surface area contributed by atoms with Gasteiger partial charge in [0.15, 0.2) is 0 Å². The van der Waals surface area contributed by atoms with Gasteiger partial charge < -0.3 is 10.7 Å². The maximum Gasteiger partial charge on any atom is 0.145 e. The number of nitrogen functional groups attached to an aromatic ring is 1. The number of nitrogens with two attached hydrogens (primary N) is 1. The first-order valence-corrected chi connectivity index (χ1v) is 7.06. The van der Waals surface area contributed by atoms with Crippen LogP contribution in [0.25, 0.3) is 0 Å². The van der Waals surface area contributed by atoms with Gasteiger partial charge >= 0.3 is 0 Å². The average molecular weight is 253 g/mol. The summed E-state index contributed by atoms with van der Waals surface area (Å²) in [4.78, 5) is 8.69. The normalized spacial score (nSPS) is 19.3. The highest BCUT2D eigenvalue weighted by Gasteiger charge is 2.15. The number of hydrogen-bond donors (Lipinski definition) is 3. The smallest absolute Gasteiger partial charge is 0.145 e. The van der Waals surface area contributed by atoms with Gasteiger partial charge in [-0.3, -0.25) is 0 Å². The Morgan fingerprint density at radius 3 is 2.94 bits per heavy atom. The van der Waals surface area contributed by atoms with Gasteiger partial charge in [0.1, 0.15) is 17.5 Å². The summed E-state index contributed by atoms with van der Waals surface area (Å²) in [6.45, 7) is 3.00. The molecule has 0 radical (unpaired) electrons. The summed E-state index contributed by atoms with van der Waals surface area (Å²) in [6, 6.07) is 1.85. The van der Waals surface area contributed by atoms with E-state index in [1.807, 2.05) is 24.8 Å². The van der Waals surface area contributed by atoms with Gasteiger partial charge in [0.05, 0.1) is 0 Å². The molecule has 17 heavy (non-hydrogen) atoms. The molecule has 0 spiro atoms. The second kappa shape index (κ2) is 6.07. The molecule has 1 aliphatic heterocycles. The molecule has 0 saturated carbocycles. The molecule has 0 amide bonds. The quantitative estimate of drug-likeness (QED) is 0.547. The third-order valence-corrected chi connectivity index (χ3v) is 4.17. The van der Waals surface area contributed by atoms with Crippen molar-refractivity contribution >= 4 is 23.4 Å². The Hall–Kier alpha value is -1.01. The van der Waals surface area contributed by atoms with Crippen LogP contribution in [0.5, 0.6) is 0 Å².